The number of hydrogen-bond acceptors (Lipinski definition) is 4. The van der Waals surface area contributed by atoms with Gasteiger partial charge in [-0.15, -0.1) is 5.10 Å². The van der Waals surface area contributed by atoms with Gasteiger partial charge in [0.15, 0.2) is 0 Å². The van der Waals surface area contributed by atoms with E-state index in [1.807, 2.05) is 4.68 Å². The van der Waals surface area contributed by atoms with Gasteiger partial charge in [-0.2, -0.15) is 0 Å². The molecule has 0 spiro atoms. The van der Waals surface area contributed by atoms with Crippen LogP contribution in [0.5, 0.6) is 0 Å². The van der Waals surface area contributed by atoms with Gasteiger partial charge in [-0.3, -0.25) is 0 Å². The largest absolute Gasteiger partial charge is 0.378 e. The Kier molecular flexibility index (Phi) is 5.42. The van der Waals surface area contributed by atoms with Crippen LogP contribution in [0.1, 0.15) is 31.7 Å². The highest BCUT2D eigenvalue weighted by Crippen LogP contribution is 2.10. The van der Waals surface area contributed by atoms with Crippen LogP contribution in [-0.4, -0.2) is 28.6 Å². The molecule has 0 aliphatic heterocycles. The summed E-state index contributed by atoms with van der Waals surface area (Å²) in [6, 6.07) is 0. The zero-order valence-electron chi connectivity index (χ0n) is 10.4. The first-order valence-electron chi connectivity index (χ1n) is 5.79. The average Bonchev–Trinajstić information content (AvgIpc) is 2.60. The number of hydrogen-bond donors (Lipinski definition) is 1. The van der Waals surface area contributed by atoms with Crippen molar-refractivity contribution in [1.82, 2.24) is 15.0 Å². The number of aromatic nitrogens is 3. The van der Waals surface area contributed by atoms with Crippen LogP contribution in [0.4, 0.5) is 0 Å². The molecule has 1 aromatic rings. The van der Waals surface area contributed by atoms with E-state index in [1.54, 1.807) is 7.11 Å². The number of rotatable bonds is 7. The first-order valence-corrected chi connectivity index (χ1v) is 5.79. The standard InChI is InChI=1S/C11H22N4O/c1-9(2)5-7-15-11(8-16-3)10(4-6-12)13-14-15/h9H,4-8,12H2,1-3H3. The second kappa shape index (κ2) is 6.60. The minimum atomic E-state index is 0.556. The molecule has 0 saturated carbocycles. The van der Waals surface area contributed by atoms with Crippen molar-refractivity contribution >= 4 is 0 Å². The fraction of sp³-hybridized carbons (Fsp3) is 0.818. The summed E-state index contributed by atoms with van der Waals surface area (Å²) in [4.78, 5) is 0. The molecule has 16 heavy (non-hydrogen) atoms. The van der Waals surface area contributed by atoms with Gasteiger partial charge in [0.2, 0.25) is 0 Å². The highest BCUT2D eigenvalue weighted by atomic mass is 16.5. The van der Waals surface area contributed by atoms with Crippen LogP contribution in [-0.2, 0) is 24.3 Å². The zero-order valence-corrected chi connectivity index (χ0v) is 10.4. The molecule has 0 fully saturated rings. The maximum atomic E-state index is 5.54. The number of nitrogens with two attached hydrogens (primary N) is 1. The van der Waals surface area contributed by atoms with E-state index in [0.29, 0.717) is 19.1 Å². The van der Waals surface area contributed by atoms with E-state index in [0.717, 1.165) is 30.8 Å². The molecule has 0 aromatic carbocycles. The first-order chi connectivity index (χ1) is 7.69. The second-order valence-corrected chi connectivity index (χ2v) is 4.36. The molecule has 0 radical (unpaired) electrons. The molecule has 0 bridgehead atoms. The van der Waals surface area contributed by atoms with Crippen molar-refractivity contribution in [2.45, 2.75) is 39.8 Å². The van der Waals surface area contributed by atoms with Gasteiger partial charge in [-0.05, 0) is 18.9 Å². The van der Waals surface area contributed by atoms with Crippen LogP contribution >= 0.6 is 0 Å². The van der Waals surface area contributed by atoms with Crippen molar-refractivity contribution in [2.75, 3.05) is 13.7 Å². The highest BCUT2D eigenvalue weighted by molar-refractivity contribution is 5.09. The molecule has 1 heterocycles. The van der Waals surface area contributed by atoms with Crippen LogP contribution in [0.3, 0.4) is 0 Å². The fourth-order valence-corrected chi connectivity index (χ4v) is 1.55. The molecule has 0 saturated heterocycles. The number of methoxy groups -OCH3 is 1. The van der Waals surface area contributed by atoms with Gasteiger partial charge in [-0.1, -0.05) is 19.1 Å². The lowest BCUT2D eigenvalue weighted by atomic mass is 10.1. The fourth-order valence-electron chi connectivity index (χ4n) is 1.55. The molecule has 0 aliphatic carbocycles. The summed E-state index contributed by atoms with van der Waals surface area (Å²) in [5.41, 5.74) is 7.57. The second-order valence-electron chi connectivity index (χ2n) is 4.36. The van der Waals surface area contributed by atoms with Crippen LogP contribution < -0.4 is 5.73 Å². The van der Waals surface area contributed by atoms with E-state index < -0.39 is 0 Å². The Morgan fingerprint density at radius 3 is 2.75 bits per heavy atom. The van der Waals surface area contributed by atoms with E-state index >= 15 is 0 Å². The summed E-state index contributed by atoms with van der Waals surface area (Å²) in [5, 5.41) is 8.31. The Morgan fingerprint density at radius 1 is 1.44 bits per heavy atom. The molecular formula is C11H22N4O. The third-order valence-electron chi connectivity index (χ3n) is 2.50. The molecule has 0 unspecified atom stereocenters. The van der Waals surface area contributed by atoms with Crippen molar-refractivity contribution in [3.8, 4) is 0 Å². The zero-order chi connectivity index (χ0) is 12.0. The van der Waals surface area contributed by atoms with Crippen LogP contribution in [0.15, 0.2) is 0 Å². The number of aryl methyl sites for hydroxylation is 1. The first kappa shape index (κ1) is 13.1. The van der Waals surface area contributed by atoms with Gasteiger partial charge in [0.1, 0.15) is 0 Å². The van der Waals surface area contributed by atoms with Crippen LogP contribution in [0.25, 0.3) is 0 Å². The van der Waals surface area contributed by atoms with E-state index in [9.17, 15) is 0 Å². The van der Waals surface area contributed by atoms with Crippen molar-refractivity contribution in [1.29, 1.82) is 0 Å². The molecule has 5 nitrogen and oxygen atoms in total. The predicted octanol–water partition coefficient (Wildman–Crippen LogP) is 0.972. The summed E-state index contributed by atoms with van der Waals surface area (Å²) in [6.45, 7) is 6.45. The Hall–Kier alpha value is -0.940. The van der Waals surface area contributed by atoms with Crippen LogP contribution in [0, 0.1) is 5.92 Å². The summed E-state index contributed by atoms with van der Waals surface area (Å²) in [6.07, 6.45) is 1.86. The molecule has 0 atom stereocenters. The molecule has 0 aliphatic rings. The molecular weight excluding hydrogens is 204 g/mol. The minimum Gasteiger partial charge on any atom is -0.378 e. The average molecular weight is 226 g/mol. The lowest BCUT2D eigenvalue weighted by Crippen LogP contribution is -2.10. The summed E-state index contributed by atoms with van der Waals surface area (Å²) >= 11 is 0. The smallest absolute Gasteiger partial charge is 0.0900 e. The Bertz CT molecular complexity index is 309. The topological polar surface area (TPSA) is 66.0 Å². The SMILES string of the molecule is COCc1c(CCN)nnn1CCC(C)C. The maximum absolute atomic E-state index is 5.54. The molecule has 0 amide bonds. The molecule has 92 valence electrons. The molecule has 5 heteroatoms. The Morgan fingerprint density at radius 2 is 2.19 bits per heavy atom. The Labute approximate surface area is 97.0 Å². The van der Waals surface area contributed by atoms with Crippen molar-refractivity contribution in [2.24, 2.45) is 11.7 Å². The quantitative estimate of drug-likeness (QED) is 0.752. The van der Waals surface area contributed by atoms with E-state index in [1.165, 1.54) is 0 Å². The molecule has 1 rings (SSSR count). The van der Waals surface area contributed by atoms with Crippen LogP contribution in [0.2, 0.25) is 0 Å². The number of ether oxygens (including phenoxy) is 1. The maximum Gasteiger partial charge on any atom is 0.0900 e. The van der Waals surface area contributed by atoms with E-state index in [2.05, 4.69) is 24.2 Å². The monoisotopic (exact) mass is 226 g/mol. The summed E-state index contributed by atoms with van der Waals surface area (Å²) in [7, 11) is 1.69. The lowest BCUT2D eigenvalue weighted by molar-refractivity contribution is 0.175. The van der Waals surface area contributed by atoms with Gasteiger partial charge in [-0.25, -0.2) is 4.68 Å². The Balaban J connectivity index is 2.73. The summed E-state index contributed by atoms with van der Waals surface area (Å²) < 4.78 is 7.12. The summed E-state index contributed by atoms with van der Waals surface area (Å²) in [5.74, 6) is 0.664. The molecule has 1 aromatic heterocycles. The van der Waals surface area contributed by atoms with Crippen molar-refractivity contribution in [3.63, 3.8) is 0 Å². The minimum absolute atomic E-state index is 0.556. The molecule has 2 N–H and O–H groups in total. The van der Waals surface area contributed by atoms with Gasteiger partial charge in [0.25, 0.3) is 0 Å². The lowest BCUT2D eigenvalue weighted by Gasteiger charge is -2.08. The van der Waals surface area contributed by atoms with Crippen molar-refractivity contribution in [3.05, 3.63) is 11.4 Å². The van der Waals surface area contributed by atoms with E-state index in [4.69, 9.17) is 10.5 Å². The van der Waals surface area contributed by atoms with Gasteiger partial charge in [0.05, 0.1) is 18.0 Å². The number of nitrogens with zero attached hydrogens (tertiary/aromatic N) is 3. The van der Waals surface area contributed by atoms with E-state index in [-0.39, 0.29) is 0 Å². The van der Waals surface area contributed by atoms with Gasteiger partial charge >= 0.3 is 0 Å². The highest BCUT2D eigenvalue weighted by Gasteiger charge is 2.11. The van der Waals surface area contributed by atoms with Gasteiger partial charge in [0, 0.05) is 20.1 Å². The normalized spacial score (nSPS) is 11.3. The van der Waals surface area contributed by atoms with Crippen molar-refractivity contribution < 1.29 is 4.74 Å². The predicted molar refractivity (Wildman–Crippen MR) is 62.9 cm³/mol. The third kappa shape index (κ3) is 3.57. The third-order valence-corrected chi connectivity index (χ3v) is 2.50. The van der Waals surface area contributed by atoms with Gasteiger partial charge < -0.3 is 10.5 Å².